The molecule has 0 aliphatic heterocycles. The number of esters is 2. The number of unbranched alkanes of at least 4 members (excludes halogenated alkanes) is 14. The highest BCUT2D eigenvalue weighted by Gasteiger charge is 2.15. The summed E-state index contributed by atoms with van der Waals surface area (Å²) in [7, 11) is 0. The lowest BCUT2D eigenvalue weighted by atomic mass is 10.1. The second-order valence-electron chi connectivity index (χ2n) is 9.85. The van der Waals surface area contributed by atoms with E-state index in [4.69, 9.17) is 14.2 Å². The van der Waals surface area contributed by atoms with Gasteiger partial charge < -0.3 is 14.2 Å². The van der Waals surface area contributed by atoms with E-state index in [0.29, 0.717) is 25.2 Å². The molecule has 0 atom stereocenters. The maximum Gasteiger partial charge on any atom is 0.311 e. The van der Waals surface area contributed by atoms with Gasteiger partial charge in [0.1, 0.15) is 5.75 Å². The molecule has 36 heavy (non-hydrogen) atoms. The molecule has 0 spiro atoms. The first-order valence-electron chi connectivity index (χ1n) is 14.8. The summed E-state index contributed by atoms with van der Waals surface area (Å²) in [4.78, 5) is 25.0. The van der Waals surface area contributed by atoms with Gasteiger partial charge in [0.2, 0.25) is 0 Å². The van der Waals surface area contributed by atoms with Gasteiger partial charge in [-0.15, -0.1) is 0 Å². The molecule has 206 valence electrons. The smallest absolute Gasteiger partial charge is 0.311 e. The van der Waals surface area contributed by atoms with Crippen molar-refractivity contribution in [3.8, 4) is 17.2 Å². The SMILES string of the molecule is CCCCCCCCCC(=O)Oc1ccc(OCCCCC)cc1OC(=O)CCCCCCCCC. The fraction of sp³-hybridized carbons (Fsp3) is 0.742. The summed E-state index contributed by atoms with van der Waals surface area (Å²) < 4.78 is 17.1. The van der Waals surface area contributed by atoms with Crippen molar-refractivity contribution in [3.63, 3.8) is 0 Å². The predicted octanol–water partition coefficient (Wildman–Crippen LogP) is 9.35. The average Bonchev–Trinajstić information content (AvgIpc) is 2.87. The average molecular weight is 505 g/mol. The maximum atomic E-state index is 12.5. The standard InChI is InChI=1S/C31H52O5/c1-4-7-10-12-14-16-18-21-30(32)35-28-24-23-27(34-25-20-9-6-3)26-29(28)36-31(33)22-19-17-15-13-11-8-5-2/h23-24,26H,4-22,25H2,1-3H3. The number of benzene rings is 1. The first-order chi connectivity index (χ1) is 17.6. The molecule has 0 saturated carbocycles. The third-order valence-electron chi connectivity index (χ3n) is 6.35. The predicted molar refractivity (Wildman–Crippen MR) is 148 cm³/mol. The summed E-state index contributed by atoms with van der Waals surface area (Å²) in [5.74, 6) is 0.595. The molecule has 1 aromatic rings. The van der Waals surface area contributed by atoms with Gasteiger partial charge in [0.15, 0.2) is 11.5 Å². The Kier molecular flexibility index (Phi) is 19.7. The third kappa shape index (κ3) is 16.6. The Morgan fingerprint density at radius 2 is 1.00 bits per heavy atom. The van der Waals surface area contributed by atoms with Crippen LogP contribution in [0.4, 0.5) is 0 Å². The first-order valence-corrected chi connectivity index (χ1v) is 14.8. The highest BCUT2D eigenvalue weighted by atomic mass is 16.6. The van der Waals surface area contributed by atoms with E-state index in [1.807, 2.05) is 0 Å². The number of carbonyl (C=O) groups is 2. The molecule has 0 aliphatic carbocycles. The van der Waals surface area contributed by atoms with E-state index in [2.05, 4.69) is 20.8 Å². The van der Waals surface area contributed by atoms with Gasteiger partial charge in [0.25, 0.3) is 0 Å². The van der Waals surface area contributed by atoms with E-state index in [9.17, 15) is 9.59 Å². The van der Waals surface area contributed by atoms with Gasteiger partial charge in [-0.1, -0.05) is 111 Å². The summed E-state index contributed by atoms with van der Waals surface area (Å²) in [6.07, 6.45) is 19.9. The van der Waals surface area contributed by atoms with Gasteiger partial charge in [-0.25, -0.2) is 0 Å². The van der Waals surface area contributed by atoms with E-state index >= 15 is 0 Å². The number of carbonyl (C=O) groups excluding carboxylic acids is 2. The van der Waals surface area contributed by atoms with Gasteiger partial charge in [-0.05, 0) is 31.4 Å². The molecular formula is C31H52O5. The molecule has 0 unspecified atom stereocenters. The Morgan fingerprint density at radius 3 is 1.53 bits per heavy atom. The van der Waals surface area contributed by atoms with Crippen LogP contribution in [0.2, 0.25) is 0 Å². The first kappa shape index (κ1) is 32.0. The Balaban J connectivity index is 2.58. The molecule has 0 amide bonds. The van der Waals surface area contributed by atoms with Crippen LogP contribution >= 0.6 is 0 Å². The van der Waals surface area contributed by atoms with Crippen molar-refractivity contribution in [3.05, 3.63) is 18.2 Å². The fourth-order valence-electron chi connectivity index (χ4n) is 4.08. The summed E-state index contributed by atoms with van der Waals surface area (Å²) in [6.45, 7) is 7.18. The van der Waals surface area contributed by atoms with Crippen LogP contribution < -0.4 is 14.2 Å². The molecule has 0 radical (unpaired) electrons. The Hall–Kier alpha value is -2.04. The molecule has 1 rings (SSSR count). The maximum absolute atomic E-state index is 12.5. The van der Waals surface area contributed by atoms with Crippen molar-refractivity contribution < 1.29 is 23.8 Å². The zero-order chi connectivity index (χ0) is 26.3. The summed E-state index contributed by atoms with van der Waals surface area (Å²) in [5, 5.41) is 0. The minimum Gasteiger partial charge on any atom is -0.493 e. The third-order valence-corrected chi connectivity index (χ3v) is 6.35. The quantitative estimate of drug-likeness (QED) is 0.0844. The molecule has 0 N–H and O–H groups in total. The minimum absolute atomic E-state index is 0.267. The van der Waals surface area contributed by atoms with E-state index < -0.39 is 0 Å². The van der Waals surface area contributed by atoms with Crippen LogP contribution in [0.25, 0.3) is 0 Å². The van der Waals surface area contributed by atoms with E-state index in [-0.39, 0.29) is 23.4 Å². The number of ether oxygens (including phenoxy) is 3. The zero-order valence-corrected chi connectivity index (χ0v) is 23.4. The fourth-order valence-corrected chi connectivity index (χ4v) is 4.08. The van der Waals surface area contributed by atoms with Crippen LogP contribution in [0.1, 0.15) is 143 Å². The van der Waals surface area contributed by atoms with Gasteiger partial charge in [0.05, 0.1) is 6.61 Å². The lowest BCUT2D eigenvalue weighted by molar-refractivity contribution is -0.137. The second kappa shape index (κ2) is 22.2. The Labute approximate surface area is 220 Å². The Morgan fingerprint density at radius 1 is 0.556 bits per heavy atom. The molecule has 5 heteroatoms. The van der Waals surface area contributed by atoms with Crippen LogP contribution in [-0.4, -0.2) is 18.5 Å². The van der Waals surface area contributed by atoms with E-state index in [0.717, 1.165) is 57.8 Å². The summed E-state index contributed by atoms with van der Waals surface area (Å²) in [6, 6.07) is 5.12. The lowest BCUT2D eigenvalue weighted by Crippen LogP contribution is -2.12. The topological polar surface area (TPSA) is 61.8 Å². The van der Waals surface area contributed by atoms with Crippen molar-refractivity contribution in [2.45, 2.75) is 143 Å². The molecular weight excluding hydrogens is 452 g/mol. The van der Waals surface area contributed by atoms with Crippen LogP contribution in [0.5, 0.6) is 17.2 Å². The van der Waals surface area contributed by atoms with Gasteiger partial charge in [0, 0.05) is 18.9 Å². The summed E-state index contributed by atoms with van der Waals surface area (Å²) in [5.41, 5.74) is 0. The summed E-state index contributed by atoms with van der Waals surface area (Å²) >= 11 is 0. The highest BCUT2D eigenvalue weighted by Crippen LogP contribution is 2.33. The van der Waals surface area contributed by atoms with E-state index in [1.54, 1.807) is 18.2 Å². The largest absolute Gasteiger partial charge is 0.493 e. The second-order valence-corrected chi connectivity index (χ2v) is 9.85. The normalized spacial score (nSPS) is 10.9. The van der Waals surface area contributed by atoms with Crippen molar-refractivity contribution in [1.82, 2.24) is 0 Å². The molecule has 0 aromatic heterocycles. The van der Waals surface area contributed by atoms with Crippen LogP contribution in [0, 0.1) is 0 Å². The van der Waals surface area contributed by atoms with Crippen molar-refractivity contribution in [2.24, 2.45) is 0 Å². The molecule has 0 aliphatic rings. The van der Waals surface area contributed by atoms with Gasteiger partial charge >= 0.3 is 11.9 Å². The molecule has 0 heterocycles. The molecule has 5 nitrogen and oxygen atoms in total. The minimum atomic E-state index is -0.295. The molecule has 1 aromatic carbocycles. The molecule has 0 saturated heterocycles. The van der Waals surface area contributed by atoms with Gasteiger partial charge in [-0.3, -0.25) is 9.59 Å². The van der Waals surface area contributed by atoms with Crippen LogP contribution in [0.15, 0.2) is 18.2 Å². The monoisotopic (exact) mass is 504 g/mol. The number of hydrogen-bond donors (Lipinski definition) is 0. The van der Waals surface area contributed by atoms with Crippen LogP contribution in [0.3, 0.4) is 0 Å². The lowest BCUT2D eigenvalue weighted by Gasteiger charge is -2.13. The number of rotatable bonds is 23. The molecule has 0 bridgehead atoms. The number of hydrogen-bond acceptors (Lipinski definition) is 5. The molecule has 0 fully saturated rings. The van der Waals surface area contributed by atoms with Crippen molar-refractivity contribution in [2.75, 3.05) is 6.61 Å². The van der Waals surface area contributed by atoms with Crippen molar-refractivity contribution >= 4 is 11.9 Å². The van der Waals surface area contributed by atoms with Crippen LogP contribution in [-0.2, 0) is 9.59 Å². The van der Waals surface area contributed by atoms with Gasteiger partial charge in [-0.2, -0.15) is 0 Å². The highest BCUT2D eigenvalue weighted by molar-refractivity contribution is 5.76. The Bertz CT molecular complexity index is 700. The van der Waals surface area contributed by atoms with Crippen molar-refractivity contribution in [1.29, 1.82) is 0 Å². The zero-order valence-electron chi connectivity index (χ0n) is 23.4. The van der Waals surface area contributed by atoms with E-state index in [1.165, 1.54) is 51.4 Å².